The molecule has 0 amide bonds. The van der Waals surface area contributed by atoms with Gasteiger partial charge in [0.05, 0.1) is 0 Å². The lowest BCUT2D eigenvalue weighted by atomic mass is 10.2. The first-order valence-electron chi connectivity index (χ1n) is 5.66. The molecule has 0 radical (unpaired) electrons. The van der Waals surface area contributed by atoms with E-state index in [-0.39, 0.29) is 5.82 Å². The molecule has 2 nitrogen and oxygen atoms in total. The number of fused-ring (bicyclic) bond motifs is 1. The summed E-state index contributed by atoms with van der Waals surface area (Å²) >= 11 is 9.54. The highest BCUT2D eigenvalue weighted by molar-refractivity contribution is 9.10. The highest BCUT2D eigenvalue weighted by atomic mass is 79.9. The Morgan fingerprint density at radius 3 is 2.89 bits per heavy atom. The summed E-state index contributed by atoms with van der Waals surface area (Å²) in [4.78, 5) is 8.77. The van der Waals surface area contributed by atoms with E-state index >= 15 is 0 Å². The zero-order valence-electron chi connectivity index (χ0n) is 9.38. The summed E-state index contributed by atoms with van der Waals surface area (Å²) in [5.74, 6) is 0.167. The Hall–Kier alpha value is -1.00. The molecule has 0 unspecified atom stereocenters. The molecule has 0 N–H and O–H groups in total. The van der Waals surface area contributed by atoms with Crippen molar-refractivity contribution in [2.75, 3.05) is 0 Å². The number of nitrogens with zero attached hydrogens (tertiary/aromatic N) is 2. The van der Waals surface area contributed by atoms with Crippen LogP contribution in [0.4, 0.5) is 4.39 Å². The predicted molar refractivity (Wildman–Crippen MR) is 72.2 cm³/mol. The van der Waals surface area contributed by atoms with E-state index in [1.165, 1.54) is 12.1 Å². The molecule has 2 aromatic rings. The topological polar surface area (TPSA) is 25.8 Å². The number of aromatic nitrogens is 2. The maximum Gasteiger partial charge on any atom is 0.162 e. The number of halogens is 3. The van der Waals surface area contributed by atoms with E-state index in [0.717, 1.165) is 35.0 Å². The van der Waals surface area contributed by atoms with Crippen LogP contribution >= 0.6 is 27.5 Å². The van der Waals surface area contributed by atoms with E-state index in [1.807, 2.05) is 0 Å². The molecule has 0 fully saturated rings. The molecule has 0 bridgehead atoms. The lowest BCUT2D eigenvalue weighted by molar-refractivity contribution is 0.628. The third-order valence-electron chi connectivity index (χ3n) is 3.05. The quantitative estimate of drug-likeness (QED) is 0.734. The lowest BCUT2D eigenvalue weighted by Crippen LogP contribution is -1.98. The number of aryl methyl sites for hydroxylation is 1. The van der Waals surface area contributed by atoms with Gasteiger partial charge in [-0.1, -0.05) is 27.5 Å². The van der Waals surface area contributed by atoms with Gasteiger partial charge in [0.25, 0.3) is 0 Å². The minimum atomic E-state index is -0.312. The van der Waals surface area contributed by atoms with Gasteiger partial charge in [-0.05, 0) is 37.5 Å². The number of hydrogen-bond donors (Lipinski definition) is 0. The van der Waals surface area contributed by atoms with Crippen LogP contribution in [-0.4, -0.2) is 9.97 Å². The zero-order chi connectivity index (χ0) is 12.7. The monoisotopic (exact) mass is 326 g/mol. The predicted octanol–water partition coefficient (Wildman–Crippen LogP) is 4.19. The van der Waals surface area contributed by atoms with Gasteiger partial charge in [0.2, 0.25) is 0 Å². The fourth-order valence-corrected chi connectivity index (χ4v) is 2.88. The number of rotatable bonds is 1. The average molecular weight is 328 g/mol. The molecule has 0 atom stereocenters. The molecule has 1 aromatic carbocycles. The Bertz CT molecular complexity index is 631. The standard InChI is InChI=1S/C13H9BrClFN2/c14-10-5-4-7(16)6-9(10)13-17-11-3-1-2-8(11)12(15)18-13/h4-6H,1-3H2. The normalized spacial score (nSPS) is 13.7. The second kappa shape index (κ2) is 4.59. The van der Waals surface area contributed by atoms with Crippen LogP contribution in [-0.2, 0) is 12.8 Å². The van der Waals surface area contributed by atoms with Crippen molar-refractivity contribution in [1.29, 1.82) is 0 Å². The SMILES string of the molecule is Fc1ccc(Br)c(-c2nc(Cl)c3c(n2)CCC3)c1. The van der Waals surface area contributed by atoms with Crippen molar-refractivity contribution in [3.05, 3.63) is 44.9 Å². The molecule has 0 saturated heterocycles. The Balaban J connectivity index is 2.18. The van der Waals surface area contributed by atoms with E-state index in [2.05, 4.69) is 25.9 Å². The molecule has 0 aliphatic heterocycles. The van der Waals surface area contributed by atoms with Gasteiger partial charge in [-0.25, -0.2) is 14.4 Å². The second-order valence-corrected chi connectivity index (χ2v) is 5.45. The average Bonchev–Trinajstić information content (AvgIpc) is 2.81. The van der Waals surface area contributed by atoms with Crippen LogP contribution < -0.4 is 0 Å². The van der Waals surface area contributed by atoms with Crippen molar-refractivity contribution >= 4 is 27.5 Å². The van der Waals surface area contributed by atoms with Crippen LogP contribution in [0.5, 0.6) is 0 Å². The molecule has 0 spiro atoms. The van der Waals surface area contributed by atoms with Gasteiger partial charge in [0.1, 0.15) is 11.0 Å². The Labute approximate surface area is 117 Å². The molecule has 1 aliphatic carbocycles. The van der Waals surface area contributed by atoms with E-state index in [9.17, 15) is 4.39 Å². The Morgan fingerprint density at radius 2 is 2.06 bits per heavy atom. The lowest BCUT2D eigenvalue weighted by Gasteiger charge is -2.07. The summed E-state index contributed by atoms with van der Waals surface area (Å²) in [7, 11) is 0. The maximum atomic E-state index is 13.3. The van der Waals surface area contributed by atoms with Gasteiger partial charge < -0.3 is 0 Å². The first kappa shape index (κ1) is 12.1. The van der Waals surface area contributed by atoms with Crippen LogP contribution in [0.2, 0.25) is 5.15 Å². The van der Waals surface area contributed by atoms with E-state index in [1.54, 1.807) is 6.07 Å². The minimum absolute atomic E-state index is 0.312. The molecule has 1 heterocycles. The van der Waals surface area contributed by atoms with Crippen LogP contribution in [0.3, 0.4) is 0 Å². The van der Waals surface area contributed by atoms with Gasteiger partial charge in [-0.15, -0.1) is 0 Å². The summed E-state index contributed by atoms with van der Waals surface area (Å²) in [5.41, 5.74) is 2.65. The molecular formula is C13H9BrClFN2. The molecule has 5 heteroatoms. The largest absolute Gasteiger partial charge is 0.233 e. The fraction of sp³-hybridized carbons (Fsp3) is 0.231. The van der Waals surface area contributed by atoms with E-state index in [0.29, 0.717) is 16.5 Å². The van der Waals surface area contributed by atoms with Crippen LogP contribution in [0.25, 0.3) is 11.4 Å². The summed E-state index contributed by atoms with van der Waals surface area (Å²) in [6.07, 6.45) is 2.90. The van der Waals surface area contributed by atoms with Gasteiger partial charge in [0, 0.05) is 21.3 Å². The molecule has 1 aliphatic rings. The van der Waals surface area contributed by atoms with Crippen molar-refractivity contribution in [2.45, 2.75) is 19.3 Å². The van der Waals surface area contributed by atoms with Crippen molar-refractivity contribution in [2.24, 2.45) is 0 Å². The van der Waals surface area contributed by atoms with Crippen LogP contribution in [0.15, 0.2) is 22.7 Å². The second-order valence-electron chi connectivity index (χ2n) is 4.24. The highest BCUT2D eigenvalue weighted by Crippen LogP contribution is 2.32. The van der Waals surface area contributed by atoms with Crippen LogP contribution in [0.1, 0.15) is 17.7 Å². The highest BCUT2D eigenvalue weighted by Gasteiger charge is 2.19. The van der Waals surface area contributed by atoms with Gasteiger partial charge >= 0.3 is 0 Å². The molecule has 1 aromatic heterocycles. The summed E-state index contributed by atoms with van der Waals surface area (Å²) in [5, 5.41) is 0.490. The molecule has 0 saturated carbocycles. The first-order valence-corrected chi connectivity index (χ1v) is 6.83. The smallest absolute Gasteiger partial charge is 0.162 e. The van der Waals surface area contributed by atoms with Crippen LogP contribution in [0, 0.1) is 5.82 Å². The zero-order valence-corrected chi connectivity index (χ0v) is 11.7. The van der Waals surface area contributed by atoms with Crippen molar-refractivity contribution in [1.82, 2.24) is 9.97 Å². The Kier molecular flexibility index (Phi) is 3.08. The number of hydrogen-bond acceptors (Lipinski definition) is 2. The van der Waals surface area contributed by atoms with Gasteiger partial charge in [0.15, 0.2) is 5.82 Å². The third kappa shape index (κ3) is 2.04. The Morgan fingerprint density at radius 1 is 1.22 bits per heavy atom. The fourth-order valence-electron chi connectivity index (χ4n) is 2.18. The third-order valence-corrected chi connectivity index (χ3v) is 4.06. The van der Waals surface area contributed by atoms with Crippen molar-refractivity contribution in [3.63, 3.8) is 0 Å². The molecular weight excluding hydrogens is 319 g/mol. The minimum Gasteiger partial charge on any atom is -0.233 e. The summed E-state index contributed by atoms with van der Waals surface area (Å²) in [6.45, 7) is 0. The van der Waals surface area contributed by atoms with Crippen molar-refractivity contribution < 1.29 is 4.39 Å². The molecule has 92 valence electrons. The summed E-state index contributed by atoms with van der Waals surface area (Å²) < 4.78 is 14.1. The number of benzene rings is 1. The first-order chi connectivity index (χ1) is 8.65. The summed E-state index contributed by atoms with van der Waals surface area (Å²) in [6, 6.07) is 4.45. The van der Waals surface area contributed by atoms with Gasteiger partial charge in [-0.3, -0.25) is 0 Å². The van der Waals surface area contributed by atoms with Crippen molar-refractivity contribution in [3.8, 4) is 11.4 Å². The van der Waals surface area contributed by atoms with E-state index < -0.39 is 0 Å². The molecule has 3 rings (SSSR count). The maximum absolute atomic E-state index is 13.3. The molecule has 18 heavy (non-hydrogen) atoms. The van der Waals surface area contributed by atoms with E-state index in [4.69, 9.17) is 11.6 Å². The van der Waals surface area contributed by atoms with Gasteiger partial charge in [-0.2, -0.15) is 0 Å².